The summed E-state index contributed by atoms with van der Waals surface area (Å²) < 4.78 is 88.8. The molecule has 16 aromatic heterocycles. The van der Waals surface area contributed by atoms with Crippen LogP contribution in [0.2, 0.25) is 0 Å². The molecule has 0 atom stereocenters. The molecule has 126 heavy (non-hydrogen) atoms. The van der Waals surface area contributed by atoms with Crippen molar-refractivity contribution in [2.75, 3.05) is 41.1 Å². The van der Waals surface area contributed by atoms with Crippen LogP contribution in [0, 0.1) is 13.8 Å². The van der Waals surface area contributed by atoms with Gasteiger partial charge in [-0.3, -0.25) is 68.6 Å². The summed E-state index contributed by atoms with van der Waals surface area (Å²) in [7, 11) is 0. The van der Waals surface area contributed by atoms with Gasteiger partial charge in [0, 0.05) is 119 Å². The van der Waals surface area contributed by atoms with Crippen LogP contribution in [0.4, 0.5) is 44.7 Å². The predicted molar refractivity (Wildman–Crippen MR) is 459 cm³/mol. The highest BCUT2D eigenvalue weighted by atomic mass is 32.1. The van der Waals surface area contributed by atoms with E-state index in [9.17, 15) is 41.1 Å². The van der Waals surface area contributed by atoms with Crippen molar-refractivity contribution in [1.82, 2.24) is 120 Å². The minimum Gasteiger partial charge on any atom is -0.378 e. The van der Waals surface area contributed by atoms with Gasteiger partial charge in [-0.25, -0.2) is 29.6 Å². The van der Waals surface area contributed by atoms with Crippen molar-refractivity contribution in [1.29, 1.82) is 0 Å². The topological polar surface area (TPSA) is 433 Å². The van der Waals surface area contributed by atoms with E-state index in [-0.39, 0.29) is 88.1 Å². The molecular formula is C82H77F5N28O7S4. The molecule has 3 aliphatic carbocycles. The van der Waals surface area contributed by atoms with Gasteiger partial charge in [0.1, 0.15) is 71.3 Å². The molecule has 16 aromatic rings. The lowest BCUT2D eigenvalue weighted by Crippen LogP contribution is -2.33. The summed E-state index contributed by atoms with van der Waals surface area (Å²) in [5.41, 5.74) is 10.1. The van der Waals surface area contributed by atoms with Gasteiger partial charge >= 0.3 is 12.7 Å². The van der Waals surface area contributed by atoms with Crippen LogP contribution in [0.25, 0.3) is 87.8 Å². The van der Waals surface area contributed by atoms with Crippen molar-refractivity contribution in [2.45, 2.75) is 122 Å². The van der Waals surface area contributed by atoms with E-state index in [0.29, 0.717) is 80.1 Å². The third-order valence-electron chi connectivity index (χ3n) is 20.2. The number of carbonyl (C=O) groups excluding carboxylic acids is 4. The van der Waals surface area contributed by atoms with Crippen molar-refractivity contribution >= 4 is 91.7 Å². The van der Waals surface area contributed by atoms with Crippen LogP contribution in [0.3, 0.4) is 0 Å². The second kappa shape index (κ2) is 38.5. The molecule has 0 radical (unpaired) electrons. The lowest BCUT2D eigenvalue weighted by Gasteiger charge is -2.34. The maximum absolute atomic E-state index is 13.3. The fourth-order valence-electron chi connectivity index (χ4n) is 13.6. The molecule has 16 heterocycles. The number of ether oxygens (including phenoxy) is 3. The zero-order valence-electron chi connectivity index (χ0n) is 67.5. The van der Waals surface area contributed by atoms with Gasteiger partial charge < -0.3 is 35.5 Å². The molecule has 646 valence electrons. The number of nitrogens with zero attached hydrogens (tertiary/aromatic N) is 20. The number of aromatic amines is 4. The number of pyridine rings is 4. The Hall–Kier alpha value is -13.8. The first-order valence-electron chi connectivity index (χ1n) is 39.5. The number of halogens is 5. The van der Waals surface area contributed by atoms with Gasteiger partial charge in [-0.2, -0.15) is 62.7 Å². The van der Waals surface area contributed by atoms with E-state index in [4.69, 9.17) is 24.4 Å². The molecule has 35 nitrogen and oxygen atoms in total. The van der Waals surface area contributed by atoms with Crippen molar-refractivity contribution in [3.63, 3.8) is 0 Å². The van der Waals surface area contributed by atoms with Crippen molar-refractivity contribution < 1.29 is 55.3 Å². The van der Waals surface area contributed by atoms with E-state index in [2.05, 4.69) is 112 Å². The molecule has 8 N–H and O–H groups in total. The summed E-state index contributed by atoms with van der Waals surface area (Å²) in [5, 5.41) is 65.3. The SMILES string of the molecule is CCOC1CC(n2cc(NC(=O)c3csc(-c4cn[nH]c4)n3)c(-c3cccc(C(F)(F)F)n3)n2)C1.CCOC1CC(n2cc(NC(=O)c3csc(-c4cn[nH]c4)n3)c(-c3ncccc3C)n2)C1.CCOC1CC(n2cc(NC(=O)c3csc(-c4cn[nH]c4C)n3)c(-c3ccccn3)n2)C1.O=C(Nc1cn(C(F)F)nc1-c1ccccn1)c1csc(-c2cn[nH]c2)n1. The van der Waals surface area contributed by atoms with Gasteiger partial charge in [0.2, 0.25) is 0 Å². The number of hydrogen-bond donors (Lipinski definition) is 8. The largest absolute Gasteiger partial charge is 0.433 e. The van der Waals surface area contributed by atoms with Crippen LogP contribution in [0.15, 0.2) is 175 Å². The predicted octanol–water partition coefficient (Wildman–Crippen LogP) is 16.4. The van der Waals surface area contributed by atoms with Gasteiger partial charge in [0.15, 0.2) is 0 Å². The van der Waals surface area contributed by atoms with Gasteiger partial charge in [0.25, 0.3) is 23.6 Å². The molecule has 4 amide bonds. The smallest absolute Gasteiger partial charge is 0.378 e. The van der Waals surface area contributed by atoms with Crippen LogP contribution >= 0.6 is 45.3 Å². The number of aromatic nitrogens is 24. The minimum absolute atomic E-state index is 0.00641. The molecule has 0 unspecified atom stereocenters. The molecule has 0 bridgehead atoms. The fraction of sp³-hybridized carbons (Fsp3) is 0.268. The Morgan fingerprint density at radius 3 is 1.24 bits per heavy atom. The molecule has 3 fully saturated rings. The first-order valence-corrected chi connectivity index (χ1v) is 43.0. The molecule has 3 aliphatic rings. The number of H-pyrrole nitrogens is 4. The summed E-state index contributed by atoms with van der Waals surface area (Å²) in [6.45, 7) is 9.03. The van der Waals surface area contributed by atoms with Gasteiger partial charge in [0.05, 0.1) is 119 Å². The number of anilines is 4. The second-order valence-corrected chi connectivity index (χ2v) is 32.1. The quantitative estimate of drug-likeness (QED) is 0.0233. The van der Waals surface area contributed by atoms with Crippen LogP contribution < -0.4 is 21.3 Å². The monoisotopic (exact) mass is 1790 g/mol. The maximum atomic E-state index is 13.3. The molecule has 0 saturated heterocycles. The van der Waals surface area contributed by atoms with E-state index >= 15 is 0 Å². The number of hydrogen-bond acceptors (Lipinski definition) is 27. The molecule has 0 spiro atoms. The standard InChI is InChI=1S/C22H20F3N7O2S.2C22H23N7O2S.C16H11F2N7OS/c1-2-34-14-6-13(7-14)32-10-16(19(31-32)15-4-3-5-18(28-15)22(23,24)25)29-20(33)17-11-35-21(30-17)12-8-26-27-9-12;1-3-31-16-7-15(8-16)29-11-17(20(28-29)19-13(2)5-4-6-23-19)26-21(30)18-12-32-22(27-18)14-9-24-25-10-14;1-3-31-15-8-14(9-15)29-11-18(20(28-29)17-6-4-5-7-23-17)25-21(30)19-12-32-22(26-19)16-10-24-27-13(16)2;17-16(18)25-7-11(13(24-25)10-3-1-2-4-19-10)22-14(26)12-8-27-15(23-12)9-5-20-21-6-9/h3-5,8-11,13-14H,2,6-7H2,1H3,(H,26,27)(H,29,33);4-6,9-12,15-16H,3,7-8H2,1-2H3,(H,24,25)(H,26,30);4-7,10-12,14-15H,3,8-9H2,1-2H3,(H,24,27)(H,25,30);1-8,16H,(H,20,21)(H,22,26). The number of aryl methyl sites for hydroxylation is 2. The van der Waals surface area contributed by atoms with Gasteiger partial charge in [-0.05, 0) is 121 Å². The van der Waals surface area contributed by atoms with Crippen LogP contribution in [-0.4, -0.2) is 182 Å². The van der Waals surface area contributed by atoms with E-state index in [1.807, 2.05) is 86.7 Å². The summed E-state index contributed by atoms with van der Waals surface area (Å²) in [4.78, 5) is 85.8. The van der Waals surface area contributed by atoms with E-state index in [0.717, 1.165) is 100 Å². The highest BCUT2D eigenvalue weighted by Crippen LogP contribution is 2.42. The second-order valence-electron chi connectivity index (χ2n) is 28.7. The minimum atomic E-state index is -4.61. The van der Waals surface area contributed by atoms with Crippen molar-refractivity contribution in [3.05, 3.63) is 215 Å². The third-order valence-corrected chi connectivity index (χ3v) is 23.8. The van der Waals surface area contributed by atoms with Gasteiger partial charge in [-0.15, -0.1) is 45.3 Å². The zero-order chi connectivity index (χ0) is 87.5. The zero-order valence-corrected chi connectivity index (χ0v) is 70.7. The molecular weight excluding hydrogens is 1710 g/mol. The first-order chi connectivity index (χ1) is 61.2. The maximum Gasteiger partial charge on any atom is 0.433 e. The first kappa shape index (κ1) is 85.8. The van der Waals surface area contributed by atoms with Crippen LogP contribution in [0.5, 0.6) is 0 Å². The Morgan fingerprint density at radius 1 is 0.452 bits per heavy atom. The number of rotatable bonds is 26. The van der Waals surface area contributed by atoms with Gasteiger partial charge in [-0.1, -0.05) is 24.3 Å². The highest BCUT2D eigenvalue weighted by Gasteiger charge is 2.38. The number of amides is 4. The Bertz CT molecular complexity index is 6360. The normalized spacial score (nSPS) is 16.4. The Kier molecular flexibility index (Phi) is 26.2. The van der Waals surface area contributed by atoms with Crippen molar-refractivity contribution in [2.24, 2.45) is 0 Å². The number of carbonyl (C=O) groups is 4. The third kappa shape index (κ3) is 19.9. The molecule has 19 rings (SSSR count). The summed E-state index contributed by atoms with van der Waals surface area (Å²) in [6, 6.07) is 18.6. The number of thiazole rings is 4. The molecule has 44 heteroatoms. The average Bonchev–Trinajstić information content (AvgIpc) is 1.65. The lowest BCUT2D eigenvalue weighted by molar-refractivity contribution is -0.141. The number of alkyl halides is 5. The molecule has 0 aromatic carbocycles. The molecule has 0 aliphatic heterocycles. The molecule has 3 saturated carbocycles. The van der Waals surface area contributed by atoms with Crippen LogP contribution in [-0.2, 0) is 20.4 Å². The van der Waals surface area contributed by atoms with E-state index < -0.39 is 30.2 Å². The van der Waals surface area contributed by atoms with E-state index in [1.165, 1.54) is 63.7 Å². The Morgan fingerprint density at radius 2 is 0.849 bits per heavy atom. The summed E-state index contributed by atoms with van der Waals surface area (Å²) in [5.74, 6) is -1.62. The average molecular weight is 1790 g/mol. The van der Waals surface area contributed by atoms with Crippen molar-refractivity contribution in [3.8, 4) is 87.8 Å². The summed E-state index contributed by atoms with van der Waals surface area (Å²) >= 11 is 5.35. The fourth-order valence-corrected chi connectivity index (χ4v) is 16.8. The van der Waals surface area contributed by atoms with E-state index in [1.54, 1.807) is 106 Å². The highest BCUT2D eigenvalue weighted by molar-refractivity contribution is 7.14. The number of nitrogens with one attached hydrogen (secondary N) is 8. The summed E-state index contributed by atoms with van der Waals surface area (Å²) in [6.07, 6.45) is 24.2. The Labute approximate surface area is 728 Å². The Balaban J connectivity index is 0.000000124. The lowest BCUT2D eigenvalue weighted by atomic mass is 9.89. The van der Waals surface area contributed by atoms with Crippen LogP contribution in [0.1, 0.15) is 143 Å².